The van der Waals surface area contributed by atoms with Gasteiger partial charge in [-0.1, -0.05) is 41.4 Å². The van der Waals surface area contributed by atoms with Crippen LogP contribution in [0.3, 0.4) is 0 Å². The van der Waals surface area contributed by atoms with Crippen LogP contribution < -0.4 is 10.1 Å². The lowest BCUT2D eigenvalue weighted by atomic mass is 10.0. The van der Waals surface area contributed by atoms with Crippen LogP contribution in [0.4, 0.5) is 5.69 Å². The van der Waals surface area contributed by atoms with Crippen LogP contribution in [0.25, 0.3) is 0 Å². The van der Waals surface area contributed by atoms with Crippen LogP contribution in [0.1, 0.15) is 30.0 Å². The number of likely N-dealkylation sites (tertiary alicyclic amines) is 1. The van der Waals surface area contributed by atoms with E-state index in [1.165, 1.54) is 11.1 Å². The normalized spacial score (nSPS) is 17.5. The standard InChI is InChI=1S/C20H23ClN2O2/c1-14-5-3-6-15(11-14)18-7-4-10-23(18)13-20(24)22-17-12-16(21)8-9-19(17)25-2/h3,5-6,8-9,11-12,18H,4,7,10,13H2,1-2H3,(H,22,24). The molecule has 1 heterocycles. The number of aryl methyl sites for hydroxylation is 1. The molecule has 25 heavy (non-hydrogen) atoms. The van der Waals surface area contributed by atoms with Crippen LogP contribution in [0, 0.1) is 6.92 Å². The van der Waals surface area contributed by atoms with Crippen molar-refractivity contribution in [1.29, 1.82) is 0 Å². The molecule has 1 atom stereocenters. The third kappa shape index (κ3) is 4.33. The predicted octanol–water partition coefficient (Wildman–Crippen LogP) is 4.43. The van der Waals surface area contributed by atoms with Gasteiger partial charge in [-0.2, -0.15) is 0 Å². The maximum Gasteiger partial charge on any atom is 0.238 e. The van der Waals surface area contributed by atoms with Crippen LogP contribution in [0.5, 0.6) is 5.75 Å². The third-order valence-electron chi connectivity index (χ3n) is 4.57. The van der Waals surface area contributed by atoms with Gasteiger partial charge in [0.1, 0.15) is 5.75 Å². The average Bonchev–Trinajstić information content (AvgIpc) is 3.03. The zero-order chi connectivity index (χ0) is 17.8. The van der Waals surface area contributed by atoms with Gasteiger partial charge in [0, 0.05) is 11.1 Å². The summed E-state index contributed by atoms with van der Waals surface area (Å²) in [6, 6.07) is 14.0. The van der Waals surface area contributed by atoms with Crippen molar-refractivity contribution in [2.24, 2.45) is 0 Å². The Morgan fingerprint density at radius 3 is 2.92 bits per heavy atom. The Bertz CT molecular complexity index is 763. The summed E-state index contributed by atoms with van der Waals surface area (Å²) in [4.78, 5) is 14.8. The first-order valence-corrected chi connectivity index (χ1v) is 8.88. The molecule has 2 aromatic carbocycles. The fraction of sp³-hybridized carbons (Fsp3) is 0.350. The van der Waals surface area contributed by atoms with E-state index in [0.29, 0.717) is 29.0 Å². The van der Waals surface area contributed by atoms with E-state index in [2.05, 4.69) is 41.4 Å². The second kappa shape index (κ2) is 7.89. The van der Waals surface area contributed by atoms with Gasteiger partial charge in [0.25, 0.3) is 0 Å². The fourth-order valence-corrected chi connectivity index (χ4v) is 3.59. The molecule has 0 radical (unpaired) electrons. The summed E-state index contributed by atoms with van der Waals surface area (Å²) < 4.78 is 5.29. The summed E-state index contributed by atoms with van der Waals surface area (Å²) in [6.07, 6.45) is 2.18. The lowest BCUT2D eigenvalue weighted by Crippen LogP contribution is -2.33. The molecule has 0 aromatic heterocycles. The van der Waals surface area contributed by atoms with E-state index >= 15 is 0 Å². The fourth-order valence-electron chi connectivity index (χ4n) is 3.42. The number of anilines is 1. The highest BCUT2D eigenvalue weighted by Gasteiger charge is 2.27. The highest BCUT2D eigenvalue weighted by Crippen LogP contribution is 2.32. The van der Waals surface area contributed by atoms with Gasteiger partial charge < -0.3 is 10.1 Å². The molecule has 0 bridgehead atoms. The summed E-state index contributed by atoms with van der Waals surface area (Å²) in [5.74, 6) is 0.550. The molecule has 1 N–H and O–H groups in total. The second-order valence-electron chi connectivity index (χ2n) is 6.44. The first-order chi connectivity index (χ1) is 12.1. The zero-order valence-electron chi connectivity index (χ0n) is 14.6. The molecule has 3 rings (SSSR count). The number of carbonyl (C=O) groups excluding carboxylic acids is 1. The SMILES string of the molecule is COc1ccc(Cl)cc1NC(=O)CN1CCCC1c1cccc(C)c1. The first-order valence-electron chi connectivity index (χ1n) is 8.51. The van der Waals surface area contributed by atoms with Gasteiger partial charge >= 0.3 is 0 Å². The van der Waals surface area contributed by atoms with E-state index in [-0.39, 0.29) is 5.91 Å². The minimum absolute atomic E-state index is 0.0554. The van der Waals surface area contributed by atoms with E-state index in [4.69, 9.17) is 16.3 Å². The van der Waals surface area contributed by atoms with Crippen molar-refractivity contribution in [2.75, 3.05) is 25.5 Å². The van der Waals surface area contributed by atoms with Crippen molar-refractivity contribution in [3.63, 3.8) is 0 Å². The maximum absolute atomic E-state index is 12.5. The average molecular weight is 359 g/mol. The number of nitrogens with one attached hydrogen (secondary N) is 1. The summed E-state index contributed by atoms with van der Waals surface area (Å²) in [5.41, 5.74) is 3.13. The number of methoxy groups -OCH3 is 1. The summed E-state index contributed by atoms with van der Waals surface area (Å²) >= 11 is 6.03. The number of nitrogens with zero attached hydrogens (tertiary/aromatic N) is 1. The number of halogens is 1. The molecule has 0 saturated carbocycles. The van der Waals surface area contributed by atoms with Gasteiger partial charge in [-0.25, -0.2) is 0 Å². The van der Waals surface area contributed by atoms with Crippen molar-refractivity contribution < 1.29 is 9.53 Å². The van der Waals surface area contributed by atoms with E-state index < -0.39 is 0 Å². The largest absolute Gasteiger partial charge is 0.495 e. The number of benzene rings is 2. The molecule has 1 aliphatic rings. The Hall–Kier alpha value is -2.04. The Balaban J connectivity index is 1.69. The number of rotatable bonds is 5. The minimum Gasteiger partial charge on any atom is -0.495 e. The molecule has 0 spiro atoms. The molecular formula is C20H23ClN2O2. The van der Waals surface area contributed by atoms with Gasteiger partial charge in [-0.3, -0.25) is 9.69 Å². The topological polar surface area (TPSA) is 41.6 Å². The predicted molar refractivity (Wildman–Crippen MR) is 101 cm³/mol. The molecule has 1 amide bonds. The van der Waals surface area contributed by atoms with Gasteiger partial charge in [0.2, 0.25) is 5.91 Å². The molecule has 132 valence electrons. The molecule has 0 aliphatic carbocycles. The molecule has 1 unspecified atom stereocenters. The quantitative estimate of drug-likeness (QED) is 0.859. The smallest absolute Gasteiger partial charge is 0.238 e. The van der Waals surface area contributed by atoms with Crippen molar-refractivity contribution in [3.8, 4) is 5.75 Å². The second-order valence-corrected chi connectivity index (χ2v) is 6.87. The van der Waals surface area contributed by atoms with E-state index in [1.807, 2.05) is 0 Å². The van der Waals surface area contributed by atoms with Crippen molar-refractivity contribution in [2.45, 2.75) is 25.8 Å². The lowest BCUT2D eigenvalue weighted by Gasteiger charge is -2.24. The highest BCUT2D eigenvalue weighted by atomic mass is 35.5. The highest BCUT2D eigenvalue weighted by molar-refractivity contribution is 6.31. The summed E-state index contributed by atoms with van der Waals surface area (Å²) in [7, 11) is 1.58. The van der Waals surface area contributed by atoms with E-state index in [9.17, 15) is 4.79 Å². The van der Waals surface area contributed by atoms with Crippen LogP contribution in [-0.4, -0.2) is 31.0 Å². The summed E-state index contributed by atoms with van der Waals surface area (Å²) in [5, 5.41) is 3.49. The molecule has 2 aromatic rings. The van der Waals surface area contributed by atoms with Gasteiger partial charge in [0.15, 0.2) is 0 Å². The number of hydrogen-bond acceptors (Lipinski definition) is 3. The Morgan fingerprint density at radius 2 is 2.16 bits per heavy atom. The monoisotopic (exact) mass is 358 g/mol. The van der Waals surface area contributed by atoms with Crippen molar-refractivity contribution in [1.82, 2.24) is 4.90 Å². The van der Waals surface area contributed by atoms with Gasteiger partial charge in [0.05, 0.1) is 19.3 Å². The molecule has 4 nitrogen and oxygen atoms in total. The molecule has 1 aliphatic heterocycles. The van der Waals surface area contributed by atoms with Gasteiger partial charge in [-0.15, -0.1) is 0 Å². The van der Waals surface area contributed by atoms with Crippen LogP contribution in [0.15, 0.2) is 42.5 Å². The Labute approximate surface area is 153 Å². The number of ether oxygens (including phenoxy) is 1. The molecule has 1 fully saturated rings. The maximum atomic E-state index is 12.5. The first kappa shape index (κ1) is 17.8. The number of amides is 1. The lowest BCUT2D eigenvalue weighted by molar-refractivity contribution is -0.117. The molecule has 5 heteroatoms. The van der Waals surface area contributed by atoms with Gasteiger partial charge in [-0.05, 0) is 50.1 Å². The third-order valence-corrected chi connectivity index (χ3v) is 4.81. The minimum atomic E-state index is -0.0554. The molecule has 1 saturated heterocycles. The number of hydrogen-bond donors (Lipinski definition) is 1. The van der Waals surface area contributed by atoms with Crippen molar-refractivity contribution in [3.05, 3.63) is 58.6 Å². The Morgan fingerprint density at radius 1 is 1.32 bits per heavy atom. The van der Waals surface area contributed by atoms with Crippen LogP contribution in [-0.2, 0) is 4.79 Å². The number of carbonyl (C=O) groups is 1. The zero-order valence-corrected chi connectivity index (χ0v) is 15.3. The molecular weight excluding hydrogens is 336 g/mol. The van der Waals surface area contributed by atoms with E-state index in [0.717, 1.165) is 19.4 Å². The van der Waals surface area contributed by atoms with Crippen LogP contribution in [0.2, 0.25) is 5.02 Å². The van der Waals surface area contributed by atoms with Crippen LogP contribution >= 0.6 is 11.6 Å². The summed E-state index contributed by atoms with van der Waals surface area (Å²) in [6.45, 7) is 3.38. The van der Waals surface area contributed by atoms with Crippen molar-refractivity contribution >= 4 is 23.2 Å². The Kier molecular flexibility index (Phi) is 5.61. The van der Waals surface area contributed by atoms with E-state index in [1.54, 1.807) is 25.3 Å².